The van der Waals surface area contributed by atoms with Crippen LogP contribution in [0.1, 0.15) is 849 Å². The van der Waals surface area contributed by atoms with E-state index in [2.05, 4.69) is 13.8 Å². The Labute approximate surface area is 843 Å². The summed E-state index contributed by atoms with van der Waals surface area (Å²) >= 11 is 0. The summed E-state index contributed by atoms with van der Waals surface area (Å²) in [5.74, 6) is 0. The smallest absolute Gasteiger partial charge is 0.0533 e. The summed E-state index contributed by atoms with van der Waals surface area (Å²) < 4.78 is 0. The van der Waals surface area contributed by atoms with Crippen LogP contribution in [0.3, 0.4) is 0 Å². The van der Waals surface area contributed by atoms with Crippen LogP contribution in [0.25, 0.3) is 0 Å². The third-order valence-corrected chi connectivity index (χ3v) is 32.5. The average Bonchev–Trinajstić information content (AvgIpc) is 1.11. The van der Waals surface area contributed by atoms with E-state index in [1.165, 1.54) is 835 Å². The molecule has 132 heavy (non-hydrogen) atoms. The highest BCUT2D eigenvalue weighted by molar-refractivity contribution is 4.63. The van der Waals surface area contributed by atoms with Gasteiger partial charge in [-0.05, 0) is 0 Å². The first-order valence-corrected chi connectivity index (χ1v) is 65.9. The van der Waals surface area contributed by atoms with Gasteiger partial charge in [-0.15, -0.1) is 0 Å². The van der Waals surface area contributed by atoms with E-state index in [0.717, 1.165) is 0 Å². The molecule has 794 valence electrons. The van der Waals surface area contributed by atoms with E-state index in [1.807, 2.05) is 0 Å². The molecule has 0 heterocycles. The Balaban J connectivity index is 3.10. The Morgan fingerprint density at radius 1 is 0.0379 bits per heavy atom. The molecule has 0 saturated carbocycles. The van der Waals surface area contributed by atoms with Crippen molar-refractivity contribution in [2.75, 3.05) is 0 Å². The predicted octanol–water partition coefficient (Wildman–Crippen LogP) is 51.7. The molecule has 0 aromatic heterocycles. The third kappa shape index (κ3) is 130. The minimum Gasteiger partial charge on any atom is -0.0654 e. The minimum atomic E-state index is 1.37. The van der Waals surface area contributed by atoms with E-state index in [-0.39, 0.29) is 0 Å². The fourth-order valence-corrected chi connectivity index (χ4v) is 22.8. The van der Waals surface area contributed by atoms with Gasteiger partial charge in [-0.1, -0.05) is 849 Å². The lowest BCUT2D eigenvalue weighted by molar-refractivity contribution is 0.505. The SMILES string of the molecule is CCCCCCCCCCCCCCCCCCCCCCCCCCCCCCCCCCCCCCCCCCCCCCCCCCCCCCCCCCCCCCCCCCCCCCCCCCCCCCCCCCCCCCCCCCCCCCCCCCCCCCCCCCCCCCCCCCCCCCCCCCCCCCCCCCCC. The van der Waals surface area contributed by atoms with Crippen LogP contribution in [-0.2, 0) is 0 Å². The second-order valence-corrected chi connectivity index (χ2v) is 46.3. The summed E-state index contributed by atoms with van der Waals surface area (Å²) in [6, 6.07) is 0. The molecule has 0 radical (unpaired) electrons. The lowest BCUT2D eigenvalue weighted by Gasteiger charge is -2.05. The van der Waals surface area contributed by atoms with Crippen molar-refractivity contribution in [3.63, 3.8) is 0 Å². The molecule has 0 aliphatic heterocycles. The van der Waals surface area contributed by atoms with E-state index >= 15 is 0 Å². The first-order chi connectivity index (χ1) is 65.9. The van der Waals surface area contributed by atoms with Crippen molar-refractivity contribution in [3.05, 3.63) is 0 Å². The summed E-state index contributed by atoms with van der Waals surface area (Å²) in [6.07, 6.45) is 194. The van der Waals surface area contributed by atoms with Gasteiger partial charge < -0.3 is 0 Å². The Kier molecular flexibility index (Phi) is 131. The maximum absolute atomic E-state index is 2.32. The molecule has 0 aromatic carbocycles. The third-order valence-electron chi connectivity index (χ3n) is 32.5. The van der Waals surface area contributed by atoms with Crippen molar-refractivity contribution in [2.45, 2.75) is 849 Å². The van der Waals surface area contributed by atoms with Gasteiger partial charge in [0.15, 0.2) is 0 Å². The Morgan fingerprint density at radius 3 is 0.0833 bits per heavy atom. The van der Waals surface area contributed by atoms with Crippen LogP contribution < -0.4 is 0 Å². The number of unbranched alkanes of at least 4 members (excludes halogenated alkanes) is 129. The van der Waals surface area contributed by atoms with Crippen molar-refractivity contribution in [3.8, 4) is 0 Å². The average molecular weight is 1850 g/mol. The topological polar surface area (TPSA) is 0 Å². The molecule has 0 bridgehead atoms. The van der Waals surface area contributed by atoms with Crippen molar-refractivity contribution >= 4 is 0 Å². The quantitative estimate of drug-likeness (QED) is 0.0533. The second-order valence-electron chi connectivity index (χ2n) is 46.3. The first-order valence-electron chi connectivity index (χ1n) is 65.9. The fourth-order valence-electron chi connectivity index (χ4n) is 22.8. The minimum absolute atomic E-state index is 1.37. The Morgan fingerprint density at radius 2 is 0.0606 bits per heavy atom. The van der Waals surface area contributed by atoms with E-state index in [4.69, 9.17) is 0 Å². The molecule has 0 aliphatic rings. The maximum atomic E-state index is 2.32. The van der Waals surface area contributed by atoms with Crippen LogP contribution in [0.2, 0.25) is 0 Å². The van der Waals surface area contributed by atoms with Gasteiger partial charge in [-0.25, -0.2) is 0 Å². The van der Waals surface area contributed by atoms with Gasteiger partial charge in [0.2, 0.25) is 0 Å². The highest BCUT2D eigenvalue weighted by Gasteiger charge is 2.07. The molecule has 0 unspecified atom stereocenters. The Hall–Kier alpha value is 0. The molecular weight excluding hydrogens is 1590 g/mol. The standard InChI is InChI=1S/C132H266/c1-3-5-7-9-11-13-15-17-19-21-23-25-27-29-31-33-35-37-39-41-43-45-47-49-51-53-55-57-59-61-63-65-67-69-71-73-75-77-79-81-83-85-87-89-91-93-95-97-99-101-103-105-107-109-111-113-115-117-119-121-123-125-127-129-131-132-130-128-126-124-122-120-118-116-114-112-110-108-106-104-102-100-98-96-94-92-90-88-86-84-82-80-78-76-74-72-70-68-66-64-62-60-58-56-54-52-50-48-46-44-42-40-38-36-34-32-30-28-26-24-22-20-18-16-14-12-10-8-6-4-2/h3-132H2,1-2H3. The van der Waals surface area contributed by atoms with Crippen LogP contribution in [0, 0.1) is 0 Å². The van der Waals surface area contributed by atoms with Gasteiger partial charge in [-0.2, -0.15) is 0 Å². The van der Waals surface area contributed by atoms with E-state index in [0.29, 0.717) is 0 Å². The number of hydrogen-bond donors (Lipinski definition) is 0. The number of rotatable bonds is 129. The summed E-state index contributed by atoms with van der Waals surface area (Å²) in [5.41, 5.74) is 0. The summed E-state index contributed by atoms with van der Waals surface area (Å²) in [6.45, 7) is 4.64. The summed E-state index contributed by atoms with van der Waals surface area (Å²) in [7, 11) is 0. The second kappa shape index (κ2) is 131. The van der Waals surface area contributed by atoms with Crippen molar-refractivity contribution in [2.24, 2.45) is 0 Å². The summed E-state index contributed by atoms with van der Waals surface area (Å²) in [5, 5.41) is 0. The van der Waals surface area contributed by atoms with Gasteiger partial charge in [-0.3, -0.25) is 0 Å². The molecule has 0 nitrogen and oxygen atoms in total. The van der Waals surface area contributed by atoms with Crippen molar-refractivity contribution in [1.82, 2.24) is 0 Å². The predicted molar refractivity (Wildman–Crippen MR) is 612 cm³/mol. The lowest BCUT2D eigenvalue weighted by Crippen LogP contribution is -1.85. The van der Waals surface area contributed by atoms with Gasteiger partial charge in [0.25, 0.3) is 0 Å². The van der Waals surface area contributed by atoms with Crippen LogP contribution in [-0.4, -0.2) is 0 Å². The molecular formula is C132H266. The Bertz CT molecular complexity index is 1570. The zero-order valence-corrected chi connectivity index (χ0v) is 93.9. The largest absolute Gasteiger partial charge is 0.0654 e. The van der Waals surface area contributed by atoms with E-state index in [1.54, 1.807) is 0 Å². The molecule has 0 heteroatoms. The highest BCUT2D eigenvalue weighted by Crippen LogP contribution is 2.27. The molecule has 0 atom stereocenters. The molecule has 0 N–H and O–H groups in total. The zero-order chi connectivity index (χ0) is 93.9. The molecule has 0 fully saturated rings. The first kappa shape index (κ1) is 132. The molecule has 0 rings (SSSR count). The van der Waals surface area contributed by atoms with E-state index < -0.39 is 0 Å². The molecule has 0 spiro atoms. The van der Waals surface area contributed by atoms with Gasteiger partial charge in [0.05, 0.1) is 0 Å². The van der Waals surface area contributed by atoms with Crippen molar-refractivity contribution < 1.29 is 0 Å². The molecule has 0 aliphatic carbocycles. The molecule has 0 amide bonds. The number of hydrogen-bond acceptors (Lipinski definition) is 0. The monoisotopic (exact) mass is 1850 g/mol. The zero-order valence-electron chi connectivity index (χ0n) is 93.9. The molecule has 0 saturated heterocycles. The molecule has 0 aromatic rings. The van der Waals surface area contributed by atoms with Crippen molar-refractivity contribution in [1.29, 1.82) is 0 Å². The van der Waals surface area contributed by atoms with E-state index in [9.17, 15) is 0 Å². The van der Waals surface area contributed by atoms with Gasteiger partial charge in [0, 0.05) is 0 Å². The van der Waals surface area contributed by atoms with Crippen LogP contribution in [0.5, 0.6) is 0 Å². The summed E-state index contributed by atoms with van der Waals surface area (Å²) in [4.78, 5) is 0. The highest BCUT2D eigenvalue weighted by atomic mass is 14.1. The normalized spacial score (nSPS) is 11.9. The van der Waals surface area contributed by atoms with Crippen LogP contribution >= 0.6 is 0 Å². The van der Waals surface area contributed by atoms with Gasteiger partial charge in [0.1, 0.15) is 0 Å². The fraction of sp³-hybridized carbons (Fsp3) is 1.00. The van der Waals surface area contributed by atoms with Crippen LogP contribution in [0.15, 0.2) is 0 Å². The lowest BCUT2D eigenvalue weighted by atomic mass is 10.0. The van der Waals surface area contributed by atoms with Gasteiger partial charge >= 0.3 is 0 Å². The maximum Gasteiger partial charge on any atom is -0.0533 e. The van der Waals surface area contributed by atoms with Crippen LogP contribution in [0.4, 0.5) is 0 Å².